The van der Waals surface area contributed by atoms with E-state index < -0.39 is 12.2 Å². The maximum absolute atomic E-state index is 9.73. The third kappa shape index (κ3) is 2.73. The normalized spacial score (nSPS) is 15.2. The molecule has 0 radical (unpaired) electrons. The summed E-state index contributed by atoms with van der Waals surface area (Å²) in [5.74, 6) is 0.238. The van der Waals surface area contributed by atoms with Crippen LogP contribution in [0, 0.1) is 6.92 Å². The zero-order chi connectivity index (χ0) is 10.7. The SMILES string of the molecule is Cc1ccc(C(O)C(O)CS)c(Br)c1. The van der Waals surface area contributed by atoms with Crippen LogP contribution in [0.3, 0.4) is 0 Å². The summed E-state index contributed by atoms with van der Waals surface area (Å²) in [6, 6.07) is 5.61. The number of aliphatic hydroxyl groups is 2. The number of thiol groups is 1. The molecule has 1 aromatic carbocycles. The Morgan fingerprint density at radius 2 is 2.07 bits per heavy atom. The Hall–Kier alpha value is -0.0300. The highest BCUT2D eigenvalue weighted by atomic mass is 79.9. The Bertz CT molecular complexity index is 317. The van der Waals surface area contributed by atoms with Crippen LogP contribution < -0.4 is 0 Å². The van der Waals surface area contributed by atoms with Crippen molar-refractivity contribution in [3.05, 3.63) is 33.8 Å². The van der Waals surface area contributed by atoms with Crippen molar-refractivity contribution in [3.63, 3.8) is 0 Å². The number of hydrogen-bond acceptors (Lipinski definition) is 3. The van der Waals surface area contributed by atoms with E-state index >= 15 is 0 Å². The van der Waals surface area contributed by atoms with Gasteiger partial charge in [0.25, 0.3) is 0 Å². The molecule has 2 N–H and O–H groups in total. The van der Waals surface area contributed by atoms with Crippen LogP contribution in [-0.4, -0.2) is 22.1 Å². The van der Waals surface area contributed by atoms with E-state index in [0.717, 1.165) is 10.0 Å². The zero-order valence-corrected chi connectivity index (χ0v) is 10.3. The van der Waals surface area contributed by atoms with Gasteiger partial charge in [-0.05, 0) is 24.1 Å². The van der Waals surface area contributed by atoms with Crippen molar-refractivity contribution in [2.24, 2.45) is 0 Å². The Kier molecular flexibility index (Phi) is 4.44. The van der Waals surface area contributed by atoms with Crippen molar-refractivity contribution in [2.75, 3.05) is 5.75 Å². The number of hydrogen-bond donors (Lipinski definition) is 3. The fourth-order valence-electron chi connectivity index (χ4n) is 1.18. The molecule has 0 aliphatic heterocycles. The van der Waals surface area contributed by atoms with E-state index in [1.54, 1.807) is 6.07 Å². The molecule has 2 atom stereocenters. The summed E-state index contributed by atoms with van der Waals surface area (Å²) in [5, 5.41) is 19.2. The summed E-state index contributed by atoms with van der Waals surface area (Å²) < 4.78 is 0.811. The largest absolute Gasteiger partial charge is 0.389 e. The number of halogens is 1. The number of aliphatic hydroxyl groups excluding tert-OH is 2. The summed E-state index contributed by atoms with van der Waals surface area (Å²) in [5.41, 5.74) is 1.80. The highest BCUT2D eigenvalue weighted by Crippen LogP contribution is 2.26. The maximum Gasteiger partial charge on any atom is 0.107 e. The van der Waals surface area contributed by atoms with E-state index in [1.165, 1.54) is 0 Å². The average Bonchev–Trinajstić information content (AvgIpc) is 2.15. The van der Waals surface area contributed by atoms with E-state index in [-0.39, 0.29) is 5.75 Å². The number of benzene rings is 1. The fraction of sp³-hybridized carbons (Fsp3) is 0.400. The predicted molar refractivity (Wildman–Crippen MR) is 63.7 cm³/mol. The van der Waals surface area contributed by atoms with E-state index in [1.807, 2.05) is 19.1 Å². The van der Waals surface area contributed by atoms with Crippen LogP contribution in [0.25, 0.3) is 0 Å². The molecule has 1 rings (SSSR count). The lowest BCUT2D eigenvalue weighted by Gasteiger charge is -2.17. The molecule has 0 saturated heterocycles. The quantitative estimate of drug-likeness (QED) is 0.740. The molecule has 0 heterocycles. The van der Waals surface area contributed by atoms with E-state index in [4.69, 9.17) is 0 Å². The fourth-order valence-corrected chi connectivity index (χ4v) is 2.11. The third-order valence-corrected chi connectivity index (χ3v) is 3.09. The molecule has 0 aliphatic carbocycles. The second-order valence-corrected chi connectivity index (χ2v) is 4.44. The van der Waals surface area contributed by atoms with Crippen molar-refractivity contribution in [3.8, 4) is 0 Å². The average molecular weight is 277 g/mol. The smallest absolute Gasteiger partial charge is 0.107 e. The van der Waals surface area contributed by atoms with Gasteiger partial charge in [-0.3, -0.25) is 0 Å². The van der Waals surface area contributed by atoms with Gasteiger partial charge in [-0.25, -0.2) is 0 Å². The molecule has 0 aromatic heterocycles. The highest BCUT2D eigenvalue weighted by molar-refractivity contribution is 9.10. The lowest BCUT2D eigenvalue weighted by Crippen LogP contribution is -2.20. The first-order chi connectivity index (χ1) is 6.56. The molecule has 0 aliphatic rings. The minimum Gasteiger partial charge on any atom is -0.389 e. The Morgan fingerprint density at radius 1 is 1.43 bits per heavy atom. The maximum atomic E-state index is 9.73. The van der Waals surface area contributed by atoms with Gasteiger partial charge in [0.1, 0.15) is 6.10 Å². The third-order valence-electron chi connectivity index (χ3n) is 2.03. The lowest BCUT2D eigenvalue weighted by molar-refractivity contribution is 0.0333. The van der Waals surface area contributed by atoms with Crippen LogP contribution in [-0.2, 0) is 0 Å². The highest BCUT2D eigenvalue weighted by Gasteiger charge is 2.18. The second-order valence-electron chi connectivity index (χ2n) is 3.22. The van der Waals surface area contributed by atoms with E-state index in [9.17, 15) is 10.2 Å². The van der Waals surface area contributed by atoms with Gasteiger partial charge in [0.05, 0.1) is 6.10 Å². The molecule has 0 spiro atoms. The summed E-state index contributed by atoms with van der Waals surface area (Å²) >= 11 is 7.28. The van der Waals surface area contributed by atoms with Gasteiger partial charge in [0.2, 0.25) is 0 Å². The van der Waals surface area contributed by atoms with Crippen LogP contribution in [0.4, 0.5) is 0 Å². The number of rotatable bonds is 3. The van der Waals surface area contributed by atoms with Crippen LogP contribution >= 0.6 is 28.6 Å². The molecular weight excluding hydrogens is 264 g/mol. The van der Waals surface area contributed by atoms with Gasteiger partial charge in [0, 0.05) is 10.2 Å². The van der Waals surface area contributed by atoms with Crippen molar-refractivity contribution in [1.29, 1.82) is 0 Å². The van der Waals surface area contributed by atoms with Gasteiger partial charge < -0.3 is 10.2 Å². The van der Waals surface area contributed by atoms with Crippen molar-refractivity contribution in [1.82, 2.24) is 0 Å². The molecule has 0 saturated carbocycles. The molecule has 14 heavy (non-hydrogen) atoms. The van der Waals surface area contributed by atoms with E-state index in [2.05, 4.69) is 28.6 Å². The number of aryl methyl sites for hydroxylation is 1. The van der Waals surface area contributed by atoms with Gasteiger partial charge in [-0.15, -0.1) is 0 Å². The van der Waals surface area contributed by atoms with Gasteiger partial charge in [-0.2, -0.15) is 12.6 Å². The Morgan fingerprint density at radius 3 is 2.57 bits per heavy atom. The molecule has 0 fully saturated rings. The first kappa shape index (κ1) is 12.0. The summed E-state index contributed by atoms with van der Waals surface area (Å²) in [4.78, 5) is 0. The van der Waals surface area contributed by atoms with Crippen molar-refractivity contribution >= 4 is 28.6 Å². The Balaban J connectivity index is 2.95. The zero-order valence-electron chi connectivity index (χ0n) is 7.81. The lowest BCUT2D eigenvalue weighted by atomic mass is 10.0. The summed E-state index contributed by atoms with van der Waals surface area (Å²) in [7, 11) is 0. The van der Waals surface area contributed by atoms with Crippen molar-refractivity contribution < 1.29 is 10.2 Å². The van der Waals surface area contributed by atoms with Crippen molar-refractivity contribution in [2.45, 2.75) is 19.1 Å². The molecular formula is C10H13BrO2S. The Labute approximate surface area is 97.5 Å². The molecule has 78 valence electrons. The van der Waals surface area contributed by atoms with Gasteiger partial charge in [0.15, 0.2) is 0 Å². The molecule has 0 amide bonds. The summed E-state index contributed by atoms with van der Waals surface area (Å²) in [6.07, 6.45) is -1.72. The molecule has 2 nitrogen and oxygen atoms in total. The summed E-state index contributed by atoms with van der Waals surface area (Å²) in [6.45, 7) is 1.97. The van der Waals surface area contributed by atoms with Crippen LogP contribution in [0.15, 0.2) is 22.7 Å². The predicted octanol–water partition coefficient (Wildman–Crippen LogP) is 2.08. The minimum absolute atomic E-state index is 0.238. The molecule has 1 aromatic rings. The van der Waals surface area contributed by atoms with Crippen LogP contribution in [0.1, 0.15) is 17.2 Å². The first-order valence-electron chi connectivity index (χ1n) is 4.29. The monoisotopic (exact) mass is 276 g/mol. The standard InChI is InChI=1S/C10H13BrO2S/c1-6-2-3-7(8(11)4-6)10(13)9(12)5-14/h2-4,9-10,12-14H,5H2,1H3. The van der Waals surface area contributed by atoms with Crippen LogP contribution in [0.2, 0.25) is 0 Å². The molecule has 0 bridgehead atoms. The van der Waals surface area contributed by atoms with E-state index in [0.29, 0.717) is 5.56 Å². The first-order valence-corrected chi connectivity index (χ1v) is 5.72. The van der Waals surface area contributed by atoms with Gasteiger partial charge >= 0.3 is 0 Å². The second kappa shape index (κ2) is 5.16. The molecule has 4 heteroatoms. The topological polar surface area (TPSA) is 40.5 Å². The molecule has 2 unspecified atom stereocenters. The minimum atomic E-state index is -0.887. The van der Waals surface area contributed by atoms with Crippen LogP contribution in [0.5, 0.6) is 0 Å². The van der Waals surface area contributed by atoms with Gasteiger partial charge in [-0.1, -0.05) is 28.1 Å².